The summed E-state index contributed by atoms with van der Waals surface area (Å²) in [6.45, 7) is 6.01. The third-order valence-electron chi connectivity index (χ3n) is 6.00. The van der Waals surface area contributed by atoms with E-state index in [-0.39, 0.29) is 6.10 Å². The van der Waals surface area contributed by atoms with Gasteiger partial charge in [-0.3, -0.25) is 4.57 Å². The van der Waals surface area contributed by atoms with E-state index >= 15 is 0 Å². The quantitative estimate of drug-likeness (QED) is 0.509. The van der Waals surface area contributed by atoms with E-state index in [0.29, 0.717) is 17.5 Å². The molecule has 8 nitrogen and oxygen atoms in total. The number of ether oxygens (including phenoxy) is 1. The van der Waals surface area contributed by atoms with E-state index in [1.807, 2.05) is 30.3 Å². The van der Waals surface area contributed by atoms with Crippen LogP contribution in [0.3, 0.4) is 0 Å². The van der Waals surface area contributed by atoms with Gasteiger partial charge in [0.1, 0.15) is 0 Å². The zero-order valence-electron chi connectivity index (χ0n) is 17.8. The van der Waals surface area contributed by atoms with Crippen molar-refractivity contribution in [2.75, 3.05) is 24.6 Å². The van der Waals surface area contributed by atoms with Gasteiger partial charge in [-0.1, -0.05) is 54.2 Å². The molecule has 5 rings (SSSR count). The predicted octanol–water partition coefficient (Wildman–Crippen LogP) is 4.04. The molecule has 3 aromatic rings. The van der Waals surface area contributed by atoms with Crippen LogP contribution in [0.25, 0.3) is 11.4 Å². The zero-order valence-corrected chi connectivity index (χ0v) is 18.6. The highest BCUT2D eigenvalue weighted by molar-refractivity contribution is 7.98. The van der Waals surface area contributed by atoms with Crippen molar-refractivity contribution >= 4 is 17.7 Å². The molecule has 0 unspecified atom stereocenters. The van der Waals surface area contributed by atoms with Crippen LogP contribution in [0.4, 0.5) is 5.95 Å². The average Bonchev–Trinajstić information content (AvgIpc) is 3.56. The Morgan fingerprint density at radius 1 is 1.10 bits per heavy atom. The fourth-order valence-electron chi connectivity index (χ4n) is 4.13. The molecule has 164 valence electrons. The zero-order chi connectivity index (χ0) is 21.0. The van der Waals surface area contributed by atoms with Crippen LogP contribution in [0, 0.1) is 5.92 Å². The second kappa shape index (κ2) is 9.40. The van der Waals surface area contributed by atoms with Crippen LogP contribution in [0.5, 0.6) is 0 Å². The minimum Gasteiger partial charge on any atom is -0.376 e. The SMILES string of the molecule is CC1CCN(c2nnc(SCc3nc(-c4ccccc4)no3)n2C[C@H]2CCCO2)CC1. The highest BCUT2D eigenvalue weighted by Gasteiger charge is 2.26. The van der Waals surface area contributed by atoms with Crippen molar-refractivity contribution in [2.45, 2.75) is 56.2 Å². The Balaban J connectivity index is 1.31. The maximum Gasteiger partial charge on any atom is 0.237 e. The topological polar surface area (TPSA) is 82.1 Å². The molecular formula is C22H28N6O2S. The predicted molar refractivity (Wildman–Crippen MR) is 119 cm³/mol. The van der Waals surface area contributed by atoms with Gasteiger partial charge in [0.2, 0.25) is 17.7 Å². The summed E-state index contributed by atoms with van der Waals surface area (Å²) >= 11 is 1.59. The molecular weight excluding hydrogens is 412 g/mol. The first-order chi connectivity index (χ1) is 15.3. The Labute approximate surface area is 186 Å². The summed E-state index contributed by atoms with van der Waals surface area (Å²) in [4.78, 5) is 6.91. The third-order valence-corrected chi connectivity index (χ3v) is 6.95. The normalized spacial score (nSPS) is 19.9. The maximum absolute atomic E-state index is 5.91. The van der Waals surface area contributed by atoms with E-state index in [9.17, 15) is 0 Å². The molecule has 2 saturated heterocycles. The van der Waals surface area contributed by atoms with E-state index in [1.165, 1.54) is 12.8 Å². The van der Waals surface area contributed by atoms with Crippen LogP contribution in [-0.2, 0) is 17.0 Å². The smallest absolute Gasteiger partial charge is 0.237 e. The molecule has 9 heteroatoms. The van der Waals surface area contributed by atoms with Crippen LogP contribution in [0.15, 0.2) is 40.0 Å². The molecule has 1 aromatic carbocycles. The van der Waals surface area contributed by atoms with E-state index in [2.05, 4.69) is 36.7 Å². The van der Waals surface area contributed by atoms with Gasteiger partial charge in [-0.05, 0) is 31.6 Å². The second-order valence-corrected chi connectivity index (χ2v) is 9.31. The van der Waals surface area contributed by atoms with Crippen LogP contribution >= 0.6 is 11.8 Å². The van der Waals surface area contributed by atoms with Crippen LogP contribution in [-0.4, -0.2) is 50.7 Å². The number of thioether (sulfide) groups is 1. The summed E-state index contributed by atoms with van der Waals surface area (Å²) in [6.07, 6.45) is 4.82. The van der Waals surface area contributed by atoms with E-state index in [1.54, 1.807) is 11.8 Å². The van der Waals surface area contributed by atoms with Gasteiger partial charge in [-0.25, -0.2) is 0 Å². The van der Waals surface area contributed by atoms with Gasteiger partial charge in [0.25, 0.3) is 0 Å². The molecule has 0 amide bonds. The standard InChI is InChI=1S/C22H28N6O2S/c1-16-9-11-27(12-10-16)21-24-25-22(28(21)14-18-8-5-13-29-18)31-15-19-23-20(26-30-19)17-6-3-2-4-7-17/h2-4,6-7,16,18H,5,8-15H2,1H3/t18-/m1/s1. The van der Waals surface area contributed by atoms with Gasteiger partial charge in [0.05, 0.1) is 18.4 Å². The van der Waals surface area contributed by atoms with Crippen molar-refractivity contribution in [3.05, 3.63) is 36.2 Å². The van der Waals surface area contributed by atoms with Crippen LogP contribution < -0.4 is 4.90 Å². The van der Waals surface area contributed by atoms with Gasteiger partial charge < -0.3 is 14.2 Å². The summed E-state index contributed by atoms with van der Waals surface area (Å²) in [6, 6.07) is 9.87. The van der Waals surface area contributed by atoms with E-state index in [4.69, 9.17) is 9.26 Å². The number of piperidine rings is 1. The number of hydrogen-bond donors (Lipinski definition) is 0. The molecule has 2 aromatic heterocycles. The molecule has 0 bridgehead atoms. The van der Waals surface area contributed by atoms with Crippen molar-refractivity contribution in [1.29, 1.82) is 0 Å². The molecule has 0 saturated carbocycles. The summed E-state index contributed by atoms with van der Waals surface area (Å²) in [5.41, 5.74) is 0.950. The van der Waals surface area contributed by atoms with Crippen molar-refractivity contribution in [2.24, 2.45) is 5.92 Å². The Bertz CT molecular complexity index is 977. The highest BCUT2D eigenvalue weighted by Crippen LogP contribution is 2.29. The van der Waals surface area contributed by atoms with E-state index < -0.39 is 0 Å². The number of nitrogens with zero attached hydrogens (tertiary/aromatic N) is 6. The minimum atomic E-state index is 0.228. The lowest BCUT2D eigenvalue weighted by Crippen LogP contribution is -2.35. The molecule has 2 fully saturated rings. The molecule has 2 aliphatic rings. The lowest BCUT2D eigenvalue weighted by Gasteiger charge is -2.31. The summed E-state index contributed by atoms with van der Waals surface area (Å²) < 4.78 is 13.6. The highest BCUT2D eigenvalue weighted by atomic mass is 32.2. The molecule has 0 spiro atoms. The number of hydrogen-bond acceptors (Lipinski definition) is 8. The Morgan fingerprint density at radius 3 is 2.71 bits per heavy atom. The summed E-state index contributed by atoms with van der Waals surface area (Å²) in [5.74, 6) is 3.49. The van der Waals surface area contributed by atoms with Crippen molar-refractivity contribution in [3.8, 4) is 11.4 Å². The van der Waals surface area contributed by atoms with Crippen molar-refractivity contribution in [1.82, 2.24) is 24.9 Å². The maximum atomic E-state index is 5.91. The molecule has 0 aliphatic carbocycles. The van der Waals surface area contributed by atoms with Gasteiger partial charge in [0.15, 0.2) is 5.16 Å². The van der Waals surface area contributed by atoms with E-state index in [0.717, 1.165) is 61.7 Å². The van der Waals surface area contributed by atoms with Gasteiger partial charge in [-0.2, -0.15) is 4.98 Å². The minimum absolute atomic E-state index is 0.228. The first-order valence-electron chi connectivity index (χ1n) is 11.1. The number of aromatic nitrogens is 5. The fraction of sp³-hybridized carbons (Fsp3) is 0.545. The third kappa shape index (κ3) is 4.77. The Kier molecular flexibility index (Phi) is 6.22. The Hall–Kier alpha value is -2.39. The summed E-state index contributed by atoms with van der Waals surface area (Å²) in [5, 5.41) is 14.1. The van der Waals surface area contributed by atoms with Crippen molar-refractivity contribution in [3.63, 3.8) is 0 Å². The van der Waals surface area contributed by atoms with Gasteiger partial charge in [-0.15, -0.1) is 10.2 Å². The van der Waals surface area contributed by atoms with Crippen LogP contribution in [0.2, 0.25) is 0 Å². The van der Waals surface area contributed by atoms with Crippen LogP contribution in [0.1, 0.15) is 38.5 Å². The van der Waals surface area contributed by atoms with Gasteiger partial charge >= 0.3 is 0 Å². The second-order valence-electron chi connectivity index (χ2n) is 8.36. The molecule has 0 radical (unpaired) electrons. The first-order valence-corrected chi connectivity index (χ1v) is 12.1. The molecule has 1 atom stereocenters. The van der Waals surface area contributed by atoms with Crippen molar-refractivity contribution < 1.29 is 9.26 Å². The summed E-state index contributed by atoms with van der Waals surface area (Å²) in [7, 11) is 0. The molecule has 2 aliphatic heterocycles. The molecule has 31 heavy (non-hydrogen) atoms. The number of anilines is 1. The molecule has 4 heterocycles. The first kappa shape index (κ1) is 20.5. The molecule has 0 N–H and O–H groups in total. The largest absolute Gasteiger partial charge is 0.376 e. The monoisotopic (exact) mass is 440 g/mol. The lowest BCUT2D eigenvalue weighted by atomic mass is 10.00. The fourth-order valence-corrected chi connectivity index (χ4v) is 4.91. The van der Waals surface area contributed by atoms with Gasteiger partial charge in [0, 0.05) is 25.3 Å². The average molecular weight is 441 g/mol. The lowest BCUT2D eigenvalue weighted by molar-refractivity contribution is 0.0951. The number of rotatable bonds is 7. The Morgan fingerprint density at radius 2 is 1.94 bits per heavy atom. The number of benzene rings is 1.